The van der Waals surface area contributed by atoms with Crippen LogP contribution in [0.2, 0.25) is 0 Å². The Hall–Kier alpha value is -3.72. The topological polar surface area (TPSA) is 141 Å². The molecule has 5 rings (SSSR count). The number of nitrogens with one attached hydrogen (secondary N) is 2. The Balaban J connectivity index is 1.33. The Bertz CT molecular complexity index is 1310. The van der Waals surface area contributed by atoms with Gasteiger partial charge in [-0.25, -0.2) is 17.8 Å². The predicted octanol–water partition coefficient (Wildman–Crippen LogP) is 1.79. The molecule has 0 bridgehead atoms. The molecular formula is C20H18F3N7O4S. The third kappa shape index (κ3) is 4.16. The summed E-state index contributed by atoms with van der Waals surface area (Å²) >= 11 is 1.22. The second-order valence-electron chi connectivity index (χ2n) is 8.10. The van der Waals surface area contributed by atoms with Gasteiger partial charge in [0.05, 0.1) is 11.5 Å². The van der Waals surface area contributed by atoms with Crippen molar-refractivity contribution in [2.75, 3.05) is 30.7 Å². The molecule has 184 valence electrons. The van der Waals surface area contributed by atoms with E-state index in [9.17, 15) is 22.8 Å². The van der Waals surface area contributed by atoms with E-state index in [0.29, 0.717) is 30.1 Å². The summed E-state index contributed by atoms with van der Waals surface area (Å²) in [6.07, 6.45) is 1.66. The molecule has 2 aromatic heterocycles. The number of aromatic nitrogens is 3. The number of fused-ring (bicyclic) bond motifs is 2. The van der Waals surface area contributed by atoms with Crippen LogP contribution in [-0.4, -0.2) is 57.3 Å². The second-order valence-corrected chi connectivity index (χ2v) is 8.98. The van der Waals surface area contributed by atoms with E-state index in [-0.39, 0.29) is 47.2 Å². The average molecular weight is 509 g/mol. The first-order valence-electron chi connectivity index (χ1n) is 10.3. The van der Waals surface area contributed by atoms with Gasteiger partial charge in [0.1, 0.15) is 0 Å². The van der Waals surface area contributed by atoms with Crippen molar-refractivity contribution < 1.29 is 32.1 Å². The second kappa shape index (κ2) is 8.81. The van der Waals surface area contributed by atoms with E-state index < -0.39 is 29.3 Å². The van der Waals surface area contributed by atoms with Crippen LogP contribution in [0.4, 0.5) is 24.7 Å². The number of rotatable bonds is 3. The SMILES string of the molecule is Cn1cc2c(c1C(=O)Nc1cc(F)c(F)c(F)c1)OC[C@H]1CN(C(=O)c3nonc3N)C[C@H]1NS2. The van der Waals surface area contributed by atoms with Crippen molar-refractivity contribution >= 4 is 35.3 Å². The standard InChI is InChI=1S/C20H18F3N7O4S/c1-29-6-13-17(16(29)19(31)25-9-2-10(21)14(23)11(22)3-9)33-7-8-4-30(5-12(8)28-35-13)20(32)15-18(24)27-34-26-15/h2-3,6,8,12,28H,4-5,7H2,1H3,(H2,24,27)(H,25,31)/t8-,12-/m1/s1. The summed E-state index contributed by atoms with van der Waals surface area (Å²) in [6.45, 7) is 0.871. The van der Waals surface area contributed by atoms with Crippen molar-refractivity contribution in [1.82, 2.24) is 24.5 Å². The van der Waals surface area contributed by atoms with Crippen molar-refractivity contribution in [2.45, 2.75) is 10.9 Å². The number of likely N-dealkylation sites (tertiary alicyclic amines) is 1. The summed E-state index contributed by atoms with van der Waals surface area (Å²) in [7, 11) is 1.62. The minimum Gasteiger partial charge on any atom is -0.489 e. The first kappa shape index (κ1) is 23.0. The van der Waals surface area contributed by atoms with Gasteiger partial charge in [-0.3, -0.25) is 14.3 Å². The molecule has 2 aliphatic rings. The molecule has 0 saturated carbocycles. The third-order valence-corrected chi connectivity index (χ3v) is 6.70. The molecule has 35 heavy (non-hydrogen) atoms. The summed E-state index contributed by atoms with van der Waals surface area (Å²) in [4.78, 5) is 27.8. The lowest BCUT2D eigenvalue weighted by Gasteiger charge is -2.23. The molecular weight excluding hydrogens is 491 g/mol. The Morgan fingerprint density at radius 2 is 1.97 bits per heavy atom. The van der Waals surface area contributed by atoms with Crippen molar-refractivity contribution in [2.24, 2.45) is 13.0 Å². The lowest BCUT2D eigenvalue weighted by atomic mass is 10.1. The molecule has 15 heteroatoms. The Morgan fingerprint density at radius 3 is 2.66 bits per heavy atom. The van der Waals surface area contributed by atoms with E-state index in [1.807, 2.05) is 0 Å². The van der Waals surface area contributed by atoms with E-state index in [4.69, 9.17) is 10.5 Å². The Labute approximate surface area is 199 Å². The number of carbonyl (C=O) groups is 2. The van der Waals surface area contributed by atoms with E-state index in [1.54, 1.807) is 18.1 Å². The highest BCUT2D eigenvalue weighted by Crippen LogP contribution is 2.37. The summed E-state index contributed by atoms with van der Waals surface area (Å²) < 4.78 is 55.7. The van der Waals surface area contributed by atoms with Crippen molar-refractivity contribution in [3.8, 4) is 5.75 Å². The van der Waals surface area contributed by atoms with Gasteiger partial charge >= 0.3 is 0 Å². The summed E-state index contributed by atoms with van der Waals surface area (Å²) in [6, 6.07) is 1.25. The van der Waals surface area contributed by atoms with Gasteiger partial charge in [0.2, 0.25) is 11.5 Å². The van der Waals surface area contributed by atoms with Crippen LogP contribution >= 0.6 is 11.9 Å². The van der Waals surface area contributed by atoms with Crippen LogP contribution in [0.3, 0.4) is 0 Å². The zero-order valence-corrected chi connectivity index (χ0v) is 18.9. The molecule has 0 unspecified atom stereocenters. The van der Waals surface area contributed by atoms with Crippen LogP contribution in [0.5, 0.6) is 5.75 Å². The monoisotopic (exact) mass is 509 g/mol. The maximum Gasteiger partial charge on any atom is 0.280 e. The number of halogens is 3. The Kier molecular flexibility index (Phi) is 5.80. The van der Waals surface area contributed by atoms with Gasteiger partial charge in [0.15, 0.2) is 28.9 Å². The number of aryl methyl sites for hydroxylation is 1. The normalized spacial score (nSPS) is 19.4. The smallest absolute Gasteiger partial charge is 0.280 e. The van der Waals surface area contributed by atoms with Gasteiger partial charge < -0.3 is 25.3 Å². The van der Waals surface area contributed by atoms with Crippen LogP contribution in [-0.2, 0) is 7.05 Å². The van der Waals surface area contributed by atoms with E-state index in [1.165, 1.54) is 16.5 Å². The number of nitrogens with zero attached hydrogens (tertiary/aromatic N) is 4. The van der Waals surface area contributed by atoms with Crippen LogP contribution in [0, 0.1) is 23.4 Å². The van der Waals surface area contributed by atoms with Gasteiger partial charge in [-0.2, -0.15) is 0 Å². The lowest BCUT2D eigenvalue weighted by Crippen LogP contribution is -2.36. The Morgan fingerprint density at radius 1 is 1.23 bits per heavy atom. The number of nitrogens with two attached hydrogens (primary N) is 1. The summed E-state index contributed by atoms with van der Waals surface area (Å²) in [5.74, 6) is -5.55. The summed E-state index contributed by atoms with van der Waals surface area (Å²) in [5.41, 5.74) is 5.42. The van der Waals surface area contributed by atoms with Crippen LogP contribution < -0.4 is 20.5 Å². The van der Waals surface area contributed by atoms with Crippen molar-refractivity contribution in [1.29, 1.82) is 0 Å². The van der Waals surface area contributed by atoms with Gasteiger partial charge in [-0.1, -0.05) is 0 Å². The number of amides is 2. The molecule has 0 aliphatic carbocycles. The van der Waals surface area contributed by atoms with Gasteiger partial charge in [-0.15, -0.1) is 0 Å². The molecule has 2 aliphatic heterocycles. The molecule has 4 N–H and O–H groups in total. The minimum atomic E-state index is -1.63. The molecule has 1 aromatic carbocycles. The quantitative estimate of drug-likeness (QED) is 0.356. The molecule has 11 nitrogen and oxygen atoms in total. The molecule has 2 atom stereocenters. The van der Waals surface area contributed by atoms with E-state index in [2.05, 4.69) is 25.0 Å². The first-order chi connectivity index (χ1) is 16.7. The number of hydrogen-bond acceptors (Lipinski definition) is 9. The fourth-order valence-electron chi connectivity index (χ4n) is 4.03. The number of hydrogen-bond donors (Lipinski definition) is 3. The predicted molar refractivity (Wildman–Crippen MR) is 116 cm³/mol. The average Bonchev–Trinajstić information content (AvgIpc) is 3.49. The van der Waals surface area contributed by atoms with Gasteiger partial charge in [0, 0.05) is 56.1 Å². The number of anilines is 2. The highest BCUT2D eigenvalue weighted by Gasteiger charge is 2.39. The third-order valence-electron chi connectivity index (χ3n) is 5.77. The molecule has 4 heterocycles. The first-order valence-corrected chi connectivity index (χ1v) is 11.1. The maximum absolute atomic E-state index is 13.6. The lowest BCUT2D eigenvalue weighted by molar-refractivity contribution is 0.0772. The number of nitrogen functional groups attached to an aromatic ring is 1. The zero-order valence-electron chi connectivity index (χ0n) is 18.0. The van der Waals surface area contributed by atoms with E-state index in [0.717, 1.165) is 0 Å². The molecule has 0 spiro atoms. The molecule has 2 amide bonds. The number of carbonyl (C=O) groups excluding carboxylic acids is 2. The molecule has 1 fully saturated rings. The number of benzene rings is 1. The van der Waals surface area contributed by atoms with Crippen LogP contribution in [0.1, 0.15) is 21.0 Å². The maximum atomic E-state index is 13.6. The summed E-state index contributed by atoms with van der Waals surface area (Å²) in [5, 5.41) is 9.35. The molecule has 0 radical (unpaired) electrons. The molecule has 3 aromatic rings. The van der Waals surface area contributed by atoms with Crippen molar-refractivity contribution in [3.63, 3.8) is 0 Å². The largest absolute Gasteiger partial charge is 0.489 e. The zero-order chi connectivity index (χ0) is 24.9. The van der Waals surface area contributed by atoms with Gasteiger partial charge in [-0.05, 0) is 22.3 Å². The fraction of sp³-hybridized carbons (Fsp3) is 0.300. The number of ether oxygens (including phenoxy) is 1. The van der Waals surface area contributed by atoms with E-state index >= 15 is 0 Å². The molecule has 1 saturated heterocycles. The van der Waals surface area contributed by atoms with Crippen molar-refractivity contribution in [3.05, 3.63) is 47.2 Å². The minimum absolute atomic E-state index is 0.0654. The highest BCUT2D eigenvalue weighted by atomic mass is 32.2. The highest BCUT2D eigenvalue weighted by molar-refractivity contribution is 7.97. The van der Waals surface area contributed by atoms with Gasteiger partial charge in [0.25, 0.3) is 11.8 Å². The van der Waals surface area contributed by atoms with Crippen LogP contribution in [0.15, 0.2) is 27.9 Å². The van der Waals surface area contributed by atoms with Crippen LogP contribution in [0.25, 0.3) is 0 Å². The fourth-order valence-corrected chi connectivity index (χ4v) is 5.04.